The van der Waals surface area contributed by atoms with Gasteiger partial charge in [0.15, 0.2) is 0 Å². The predicted octanol–water partition coefficient (Wildman–Crippen LogP) is 2.07. The second-order valence-electron chi connectivity index (χ2n) is 4.03. The summed E-state index contributed by atoms with van der Waals surface area (Å²) in [7, 11) is 0. The summed E-state index contributed by atoms with van der Waals surface area (Å²) < 4.78 is 0. The second kappa shape index (κ2) is 7.02. The number of hydrogen-bond acceptors (Lipinski definition) is 2. The Balaban J connectivity index is 2.10. The molecule has 82 valence electrons. The van der Waals surface area contributed by atoms with Crippen LogP contribution in [0.3, 0.4) is 0 Å². The highest BCUT2D eigenvalue weighted by Gasteiger charge is 2.04. The van der Waals surface area contributed by atoms with Crippen molar-refractivity contribution < 1.29 is 0 Å². The number of nitrogens with one attached hydrogen (secondary N) is 2. The fourth-order valence-corrected chi connectivity index (χ4v) is 1.91. The summed E-state index contributed by atoms with van der Waals surface area (Å²) in [6.07, 6.45) is 7.31. The van der Waals surface area contributed by atoms with Crippen molar-refractivity contribution in [3.8, 4) is 0 Å². The van der Waals surface area contributed by atoms with Gasteiger partial charge in [-0.15, -0.1) is 0 Å². The van der Waals surface area contributed by atoms with Gasteiger partial charge in [0.2, 0.25) is 0 Å². The van der Waals surface area contributed by atoms with Gasteiger partial charge in [-0.2, -0.15) is 0 Å². The third-order valence-corrected chi connectivity index (χ3v) is 3.02. The maximum Gasteiger partial charge on any atom is 0.0137 e. The van der Waals surface area contributed by atoms with Crippen molar-refractivity contribution in [2.75, 3.05) is 19.6 Å². The zero-order valence-corrected chi connectivity index (χ0v) is 9.60. The van der Waals surface area contributed by atoms with Gasteiger partial charge in [-0.05, 0) is 38.8 Å². The molecular formula is C12H24N2. The van der Waals surface area contributed by atoms with Crippen molar-refractivity contribution in [2.24, 2.45) is 0 Å². The third kappa shape index (κ3) is 4.25. The lowest BCUT2D eigenvalue weighted by molar-refractivity contribution is 0.484. The minimum Gasteiger partial charge on any atom is -0.314 e. The molecule has 0 saturated carbocycles. The highest BCUT2D eigenvalue weighted by molar-refractivity contribution is 5.06. The molecule has 0 fully saturated rings. The van der Waals surface area contributed by atoms with E-state index in [1.807, 2.05) is 0 Å². The molecule has 1 aliphatic heterocycles. The Kier molecular flexibility index (Phi) is 5.88. The second-order valence-corrected chi connectivity index (χ2v) is 4.03. The predicted molar refractivity (Wildman–Crippen MR) is 62.6 cm³/mol. The molecule has 0 bridgehead atoms. The Bertz CT molecular complexity index is 171. The maximum atomic E-state index is 3.61. The Morgan fingerprint density at radius 1 is 1.43 bits per heavy atom. The first kappa shape index (κ1) is 11.7. The summed E-state index contributed by atoms with van der Waals surface area (Å²) >= 11 is 0. The fourth-order valence-electron chi connectivity index (χ4n) is 1.91. The summed E-state index contributed by atoms with van der Waals surface area (Å²) in [4.78, 5) is 0. The summed E-state index contributed by atoms with van der Waals surface area (Å²) in [5.41, 5.74) is 1.63. The highest BCUT2D eigenvalue weighted by Crippen LogP contribution is 2.08. The summed E-state index contributed by atoms with van der Waals surface area (Å²) in [5.74, 6) is 0. The van der Waals surface area contributed by atoms with Gasteiger partial charge in [0, 0.05) is 12.6 Å². The standard InChI is InChI=1S/C12H24N2/c1-3-12(4-2)14-10-7-11-5-8-13-9-6-11/h5,12-14H,3-4,6-10H2,1-2H3. The van der Waals surface area contributed by atoms with Gasteiger partial charge >= 0.3 is 0 Å². The van der Waals surface area contributed by atoms with Crippen molar-refractivity contribution in [3.05, 3.63) is 11.6 Å². The van der Waals surface area contributed by atoms with E-state index in [0.29, 0.717) is 0 Å². The van der Waals surface area contributed by atoms with E-state index in [0.717, 1.165) is 25.7 Å². The molecule has 0 atom stereocenters. The van der Waals surface area contributed by atoms with Gasteiger partial charge in [-0.3, -0.25) is 0 Å². The molecule has 0 unspecified atom stereocenters. The molecule has 14 heavy (non-hydrogen) atoms. The molecule has 0 aromatic heterocycles. The van der Waals surface area contributed by atoms with Crippen LogP contribution in [0.15, 0.2) is 11.6 Å². The molecule has 0 aromatic carbocycles. The minimum atomic E-state index is 0.720. The van der Waals surface area contributed by atoms with Crippen LogP contribution in [0, 0.1) is 0 Å². The van der Waals surface area contributed by atoms with Crippen LogP contribution in [-0.4, -0.2) is 25.7 Å². The normalized spacial score (nSPS) is 17.2. The largest absolute Gasteiger partial charge is 0.314 e. The maximum absolute atomic E-state index is 3.61. The molecule has 0 aromatic rings. The van der Waals surface area contributed by atoms with Gasteiger partial charge in [-0.1, -0.05) is 25.5 Å². The van der Waals surface area contributed by atoms with Crippen molar-refractivity contribution in [3.63, 3.8) is 0 Å². The van der Waals surface area contributed by atoms with Crippen LogP contribution in [0.25, 0.3) is 0 Å². The van der Waals surface area contributed by atoms with Gasteiger partial charge < -0.3 is 10.6 Å². The molecule has 0 saturated heterocycles. The lowest BCUT2D eigenvalue weighted by atomic mass is 10.1. The smallest absolute Gasteiger partial charge is 0.0137 e. The van der Waals surface area contributed by atoms with Crippen molar-refractivity contribution in [2.45, 2.75) is 45.6 Å². The SMILES string of the molecule is CCC(CC)NCCC1=CCNCC1. The van der Waals surface area contributed by atoms with Crippen LogP contribution >= 0.6 is 0 Å². The minimum absolute atomic E-state index is 0.720. The van der Waals surface area contributed by atoms with E-state index in [4.69, 9.17) is 0 Å². The van der Waals surface area contributed by atoms with Crippen LogP contribution in [0.2, 0.25) is 0 Å². The summed E-state index contributed by atoms with van der Waals surface area (Å²) in [5, 5.41) is 6.94. The Hall–Kier alpha value is -0.340. The summed E-state index contributed by atoms with van der Waals surface area (Å²) in [6.45, 7) is 7.89. The molecule has 0 radical (unpaired) electrons. The van der Waals surface area contributed by atoms with Crippen molar-refractivity contribution in [1.82, 2.24) is 10.6 Å². The first-order chi connectivity index (χ1) is 6.86. The lowest BCUT2D eigenvalue weighted by Crippen LogP contribution is -2.29. The van der Waals surface area contributed by atoms with E-state index in [2.05, 4.69) is 30.6 Å². The summed E-state index contributed by atoms with van der Waals surface area (Å²) in [6, 6.07) is 0.720. The van der Waals surface area contributed by atoms with Crippen LogP contribution in [0.5, 0.6) is 0 Å². The average Bonchev–Trinajstić information content (AvgIpc) is 2.26. The van der Waals surface area contributed by atoms with E-state index in [-0.39, 0.29) is 0 Å². The monoisotopic (exact) mass is 196 g/mol. The molecule has 0 amide bonds. The number of rotatable bonds is 6. The zero-order chi connectivity index (χ0) is 10.2. The molecule has 0 aliphatic carbocycles. The van der Waals surface area contributed by atoms with E-state index < -0.39 is 0 Å². The molecule has 2 nitrogen and oxygen atoms in total. The Morgan fingerprint density at radius 3 is 2.79 bits per heavy atom. The average molecular weight is 196 g/mol. The van der Waals surface area contributed by atoms with Crippen molar-refractivity contribution >= 4 is 0 Å². The molecule has 2 heteroatoms. The van der Waals surface area contributed by atoms with Crippen LogP contribution in [0.4, 0.5) is 0 Å². The van der Waals surface area contributed by atoms with E-state index in [1.54, 1.807) is 5.57 Å². The fraction of sp³-hybridized carbons (Fsp3) is 0.833. The van der Waals surface area contributed by atoms with Gasteiger partial charge in [0.25, 0.3) is 0 Å². The lowest BCUT2D eigenvalue weighted by Gasteiger charge is -2.17. The van der Waals surface area contributed by atoms with Crippen molar-refractivity contribution in [1.29, 1.82) is 0 Å². The van der Waals surface area contributed by atoms with Gasteiger partial charge in [0.1, 0.15) is 0 Å². The topological polar surface area (TPSA) is 24.1 Å². The number of hydrogen-bond donors (Lipinski definition) is 2. The third-order valence-electron chi connectivity index (χ3n) is 3.02. The molecule has 0 spiro atoms. The quantitative estimate of drug-likeness (QED) is 0.636. The molecule has 1 rings (SSSR count). The molecule has 1 heterocycles. The molecular weight excluding hydrogens is 172 g/mol. The molecule has 1 aliphatic rings. The first-order valence-electron chi connectivity index (χ1n) is 5.98. The Labute approximate surface area is 88.2 Å². The Morgan fingerprint density at radius 2 is 2.21 bits per heavy atom. The van der Waals surface area contributed by atoms with E-state index >= 15 is 0 Å². The van der Waals surface area contributed by atoms with Crippen LogP contribution in [-0.2, 0) is 0 Å². The van der Waals surface area contributed by atoms with Gasteiger partial charge in [0.05, 0.1) is 0 Å². The van der Waals surface area contributed by atoms with E-state index in [9.17, 15) is 0 Å². The zero-order valence-electron chi connectivity index (χ0n) is 9.60. The van der Waals surface area contributed by atoms with Crippen LogP contribution < -0.4 is 10.6 Å². The van der Waals surface area contributed by atoms with E-state index in [1.165, 1.54) is 25.7 Å². The van der Waals surface area contributed by atoms with Crippen LogP contribution in [0.1, 0.15) is 39.5 Å². The highest BCUT2D eigenvalue weighted by atomic mass is 14.9. The first-order valence-corrected chi connectivity index (χ1v) is 5.98. The van der Waals surface area contributed by atoms with Gasteiger partial charge in [-0.25, -0.2) is 0 Å². The molecule has 2 N–H and O–H groups in total.